The summed E-state index contributed by atoms with van der Waals surface area (Å²) in [7, 11) is 1.53. The molecule has 0 saturated heterocycles. The van der Waals surface area contributed by atoms with E-state index >= 15 is 0 Å². The van der Waals surface area contributed by atoms with Crippen molar-refractivity contribution in [3.63, 3.8) is 0 Å². The van der Waals surface area contributed by atoms with Crippen LogP contribution in [0.3, 0.4) is 0 Å². The van der Waals surface area contributed by atoms with Gasteiger partial charge in [0.05, 0.1) is 30.7 Å². The molecule has 0 aliphatic rings. The molecule has 4 aromatic rings. The molecule has 1 aromatic heterocycles. The van der Waals surface area contributed by atoms with Gasteiger partial charge < -0.3 is 15.4 Å². The van der Waals surface area contributed by atoms with Gasteiger partial charge in [-0.3, -0.25) is 14.2 Å². The van der Waals surface area contributed by atoms with Crippen LogP contribution in [0.5, 0.6) is 5.75 Å². The molecule has 0 unspecified atom stereocenters. The Labute approximate surface area is 205 Å². The van der Waals surface area contributed by atoms with Crippen molar-refractivity contribution in [1.29, 1.82) is 0 Å². The average Bonchev–Trinajstić information content (AvgIpc) is 3.27. The molecule has 4 rings (SSSR count). The second-order valence-electron chi connectivity index (χ2n) is 7.31. The summed E-state index contributed by atoms with van der Waals surface area (Å²) in [6.07, 6.45) is -0.135. The summed E-state index contributed by atoms with van der Waals surface area (Å²) in [6, 6.07) is 22.3. The lowest BCUT2D eigenvalue weighted by Crippen LogP contribution is -2.18. The fraction of sp³-hybridized carbons (Fsp3) is 0.120. The van der Waals surface area contributed by atoms with Crippen molar-refractivity contribution in [3.05, 3.63) is 90.5 Å². The van der Waals surface area contributed by atoms with Crippen molar-refractivity contribution in [2.45, 2.75) is 11.6 Å². The first kappa shape index (κ1) is 24.0. The van der Waals surface area contributed by atoms with Crippen molar-refractivity contribution < 1.29 is 18.7 Å². The molecule has 0 bridgehead atoms. The number of hydrogen-bond donors (Lipinski definition) is 2. The van der Waals surface area contributed by atoms with E-state index in [1.165, 1.54) is 31.0 Å². The molecule has 8 nitrogen and oxygen atoms in total. The molecule has 1 heterocycles. The van der Waals surface area contributed by atoms with Gasteiger partial charge in [-0.15, -0.1) is 10.2 Å². The van der Waals surface area contributed by atoms with Crippen molar-refractivity contribution in [2.75, 3.05) is 23.5 Å². The summed E-state index contributed by atoms with van der Waals surface area (Å²) in [5.41, 5.74) is 1.39. The molecule has 2 amide bonds. The number of anilines is 2. The van der Waals surface area contributed by atoms with Gasteiger partial charge in [0.15, 0.2) is 5.16 Å². The van der Waals surface area contributed by atoms with Crippen LogP contribution in [0, 0.1) is 5.82 Å². The normalized spacial score (nSPS) is 10.6. The number of para-hydroxylation sites is 4. The molecule has 0 aliphatic heterocycles. The Kier molecular flexibility index (Phi) is 7.74. The predicted octanol–water partition coefficient (Wildman–Crippen LogP) is 4.33. The standard InChI is InChI=1S/C25H22FN5O3S/c1-34-21-14-8-7-13-20(21)28-24(33)16-35-25-30-29-22(31(25)17-9-3-2-4-10-17)15-23(32)27-19-12-6-5-11-18(19)26/h2-14H,15-16H2,1H3,(H,27,32)(H,28,33). The molecule has 2 N–H and O–H groups in total. The zero-order valence-corrected chi connectivity index (χ0v) is 19.6. The average molecular weight is 492 g/mol. The van der Waals surface area contributed by atoms with Crippen LogP contribution in [0.1, 0.15) is 5.82 Å². The van der Waals surface area contributed by atoms with Crippen molar-refractivity contribution >= 4 is 35.0 Å². The van der Waals surface area contributed by atoms with Crippen molar-refractivity contribution in [3.8, 4) is 11.4 Å². The van der Waals surface area contributed by atoms with Crippen LogP contribution < -0.4 is 15.4 Å². The van der Waals surface area contributed by atoms with E-state index in [4.69, 9.17) is 4.74 Å². The summed E-state index contributed by atoms with van der Waals surface area (Å²) < 4.78 is 20.9. The first-order valence-electron chi connectivity index (χ1n) is 10.6. The maximum Gasteiger partial charge on any atom is 0.234 e. The quantitative estimate of drug-likeness (QED) is 0.338. The van der Waals surface area contributed by atoms with Crippen molar-refractivity contribution in [1.82, 2.24) is 14.8 Å². The highest BCUT2D eigenvalue weighted by atomic mass is 32.2. The number of rotatable bonds is 9. The SMILES string of the molecule is COc1ccccc1NC(=O)CSc1nnc(CC(=O)Nc2ccccc2F)n1-c1ccccc1. The van der Waals surface area contributed by atoms with Gasteiger partial charge in [-0.25, -0.2) is 4.39 Å². The summed E-state index contributed by atoms with van der Waals surface area (Å²) in [6.45, 7) is 0. The van der Waals surface area contributed by atoms with Crippen LogP contribution in [0.15, 0.2) is 84.0 Å². The highest BCUT2D eigenvalue weighted by Gasteiger charge is 2.19. The van der Waals surface area contributed by atoms with E-state index in [9.17, 15) is 14.0 Å². The van der Waals surface area contributed by atoms with Gasteiger partial charge in [-0.05, 0) is 36.4 Å². The Morgan fingerprint density at radius 3 is 2.29 bits per heavy atom. The van der Waals surface area contributed by atoms with Gasteiger partial charge in [0.2, 0.25) is 11.8 Å². The van der Waals surface area contributed by atoms with Gasteiger partial charge in [0.25, 0.3) is 0 Å². The van der Waals surface area contributed by atoms with Gasteiger partial charge >= 0.3 is 0 Å². The highest BCUT2D eigenvalue weighted by molar-refractivity contribution is 7.99. The smallest absolute Gasteiger partial charge is 0.234 e. The molecule has 10 heteroatoms. The largest absolute Gasteiger partial charge is 0.495 e. The van der Waals surface area contributed by atoms with E-state index in [1.54, 1.807) is 34.9 Å². The molecular weight excluding hydrogens is 469 g/mol. The number of carbonyl (C=O) groups excluding carboxylic acids is 2. The van der Waals surface area contributed by atoms with Crippen LogP contribution in [0.2, 0.25) is 0 Å². The molecule has 0 radical (unpaired) electrons. The topological polar surface area (TPSA) is 98.1 Å². The minimum Gasteiger partial charge on any atom is -0.495 e. The summed E-state index contributed by atoms with van der Waals surface area (Å²) in [5, 5.41) is 14.2. The van der Waals surface area contributed by atoms with E-state index in [-0.39, 0.29) is 23.8 Å². The number of halogens is 1. The third-order valence-electron chi connectivity index (χ3n) is 4.89. The third kappa shape index (κ3) is 6.04. The Balaban J connectivity index is 1.50. The van der Waals surface area contributed by atoms with Gasteiger partial charge in [-0.2, -0.15) is 0 Å². The molecular formula is C25H22FN5O3S. The minimum absolute atomic E-state index is 0.0600. The second kappa shape index (κ2) is 11.3. The van der Waals surface area contributed by atoms with E-state index in [1.807, 2.05) is 36.4 Å². The first-order chi connectivity index (χ1) is 17.0. The van der Waals surface area contributed by atoms with E-state index in [0.717, 1.165) is 5.69 Å². The number of nitrogens with one attached hydrogen (secondary N) is 2. The molecule has 3 aromatic carbocycles. The first-order valence-corrected chi connectivity index (χ1v) is 11.6. The third-order valence-corrected chi connectivity index (χ3v) is 5.82. The van der Waals surface area contributed by atoms with Gasteiger partial charge in [0, 0.05) is 5.69 Å². The van der Waals surface area contributed by atoms with E-state index in [0.29, 0.717) is 22.4 Å². The van der Waals surface area contributed by atoms with Gasteiger partial charge in [0.1, 0.15) is 17.4 Å². The summed E-state index contributed by atoms with van der Waals surface area (Å²) in [4.78, 5) is 25.2. The Bertz CT molecular complexity index is 1330. The fourth-order valence-corrected chi connectivity index (χ4v) is 4.08. The maximum atomic E-state index is 13.9. The van der Waals surface area contributed by atoms with Crippen LogP contribution >= 0.6 is 11.8 Å². The van der Waals surface area contributed by atoms with Crippen molar-refractivity contribution in [2.24, 2.45) is 0 Å². The number of aromatic nitrogens is 3. The number of carbonyl (C=O) groups is 2. The second-order valence-corrected chi connectivity index (χ2v) is 8.25. The zero-order valence-electron chi connectivity index (χ0n) is 18.8. The number of methoxy groups -OCH3 is 1. The molecule has 0 saturated carbocycles. The number of benzene rings is 3. The molecule has 178 valence electrons. The molecule has 35 heavy (non-hydrogen) atoms. The number of amides is 2. The lowest BCUT2D eigenvalue weighted by Gasteiger charge is -2.11. The Morgan fingerprint density at radius 1 is 0.886 bits per heavy atom. The number of nitrogens with zero attached hydrogens (tertiary/aromatic N) is 3. The van der Waals surface area contributed by atoms with Crippen LogP contribution in [0.4, 0.5) is 15.8 Å². The lowest BCUT2D eigenvalue weighted by molar-refractivity contribution is -0.116. The maximum absolute atomic E-state index is 13.9. The number of ether oxygens (including phenoxy) is 1. The van der Waals surface area contributed by atoms with E-state index in [2.05, 4.69) is 20.8 Å². The van der Waals surface area contributed by atoms with Crippen LogP contribution in [0.25, 0.3) is 5.69 Å². The van der Waals surface area contributed by atoms with E-state index < -0.39 is 11.7 Å². The molecule has 0 aliphatic carbocycles. The van der Waals surface area contributed by atoms with Crippen LogP contribution in [-0.4, -0.2) is 39.4 Å². The zero-order chi connectivity index (χ0) is 24.6. The number of hydrogen-bond acceptors (Lipinski definition) is 6. The Hall–Kier alpha value is -4.18. The Morgan fingerprint density at radius 2 is 1.54 bits per heavy atom. The molecule has 0 atom stereocenters. The minimum atomic E-state index is -0.525. The van der Waals surface area contributed by atoms with Crippen LogP contribution in [-0.2, 0) is 16.0 Å². The molecule has 0 spiro atoms. The summed E-state index contributed by atoms with van der Waals surface area (Å²) >= 11 is 1.18. The number of thioether (sulfide) groups is 1. The predicted molar refractivity (Wildman–Crippen MR) is 132 cm³/mol. The monoisotopic (exact) mass is 491 g/mol. The highest BCUT2D eigenvalue weighted by Crippen LogP contribution is 2.25. The fourth-order valence-electron chi connectivity index (χ4n) is 3.31. The molecule has 0 fully saturated rings. The lowest BCUT2D eigenvalue weighted by atomic mass is 10.2. The van der Waals surface area contributed by atoms with Gasteiger partial charge in [-0.1, -0.05) is 54.2 Å². The summed E-state index contributed by atoms with van der Waals surface area (Å²) in [5.74, 6) is -0.238.